The molecular weight excluding hydrogens is 216 g/mol. The molecule has 0 aliphatic heterocycles. The first kappa shape index (κ1) is 11.4. The van der Waals surface area contributed by atoms with Crippen molar-refractivity contribution in [3.8, 4) is 5.75 Å². The zero-order valence-corrected chi connectivity index (χ0v) is 9.43. The highest BCUT2D eigenvalue weighted by Crippen LogP contribution is 2.24. The van der Waals surface area contributed by atoms with Gasteiger partial charge in [-0.1, -0.05) is 12.1 Å². The molecule has 0 saturated heterocycles. The molecule has 0 saturated carbocycles. The van der Waals surface area contributed by atoms with E-state index in [0.717, 1.165) is 16.5 Å². The molecule has 1 aromatic heterocycles. The van der Waals surface area contributed by atoms with Crippen LogP contribution in [0.15, 0.2) is 36.7 Å². The van der Waals surface area contributed by atoms with Crippen LogP contribution in [-0.2, 0) is 4.79 Å². The third-order valence-corrected chi connectivity index (χ3v) is 2.47. The maximum absolute atomic E-state index is 10.6. The molecule has 0 unspecified atom stereocenters. The Hall–Kier alpha value is -2.10. The molecule has 88 valence electrons. The standard InChI is InChI=1S/C13H14N2O2/c14-13(16)5-2-8-17-12-4-1-3-10-6-7-15-9-11(10)12/h1,3-4,6-7,9H,2,5,8H2,(H2,14,16). The molecule has 0 fully saturated rings. The minimum atomic E-state index is -0.298. The summed E-state index contributed by atoms with van der Waals surface area (Å²) < 4.78 is 5.62. The van der Waals surface area contributed by atoms with Gasteiger partial charge in [0.05, 0.1) is 6.61 Å². The molecule has 0 bridgehead atoms. The van der Waals surface area contributed by atoms with Crippen LogP contribution < -0.4 is 10.5 Å². The van der Waals surface area contributed by atoms with Crippen LogP contribution in [0.1, 0.15) is 12.8 Å². The van der Waals surface area contributed by atoms with E-state index in [-0.39, 0.29) is 5.91 Å². The smallest absolute Gasteiger partial charge is 0.217 e. The number of pyridine rings is 1. The van der Waals surface area contributed by atoms with Gasteiger partial charge in [0, 0.05) is 24.2 Å². The van der Waals surface area contributed by atoms with Gasteiger partial charge >= 0.3 is 0 Å². The molecule has 2 aromatic rings. The molecule has 0 spiro atoms. The van der Waals surface area contributed by atoms with E-state index in [2.05, 4.69) is 4.98 Å². The Kier molecular flexibility index (Phi) is 3.55. The lowest BCUT2D eigenvalue weighted by molar-refractivity contribution is -0.118. The SMILES string of the molecule is NC(=O)CCCOc1cccc2ccncc12. The molecule has 0 radical (unpaired) electrons. The lowest BCUT2D eigenvalue weighted by Gasteiger charge is -2.08. The molecule has 2 N–H and O–H groups in total. The summed E-state index contributed by atoms with van der Waals surface area (Å²) in [6.45, 7) is 0.483. The van der Waals surface area contributed by atoms with Gasteiger partial charge in [0.1, 0.15) is 5.75 Å². The Labute approximate surface area is 99.4 Å². The average molecular weight is 230 g/mol. The zero-order valence-electron chi connectivity index (χ0n) is 9.43. The highest BCUT2D eigenvalue weighted by Gasteiger charge is 2.01. The number of hydrogen-bond donors (Lipinski definition) is 1. The van der Waals surface area contributed by atoms with Gasteiger partial charge in [-0.05, 0) is 23.9 Å². The summed E-state index contributed by atoms with van der Waals surface area (Å²) in [6, 6.07) is 7.78. The van der Waals surface area contributed by atoms with Gasteiger partial charge < -0.3 is 10.5 Å². The lowest BCUT2D eigenvalue weighted by atomic mass is 10.1. The first-order valence-electron chi connectivity index (χ1n) is 5.51. The van der Waals surface area contributed by atoms with E-state index in [0.29, 0.717) is 19.4 Å². The van der Waals surface area contributed by atoms with Crippen LogP contribution in [0.5, 0.6) is 5.75 Å². The van der Waals surface area contributed by atoms with Crippen molar-refractivity contribution in [2.24, 2.45) is 5.73 Å². The largest absolute Gasteiger partial charge is 0.493 e. The number of ether oxygens (including phenoxy) is 1. The number of nitrogens with two attached hydrogens (primary N) is 1. The molecule has 1 aromatic carbocycles. The number of fused-ring (bicyclic) bond motifs is 1. The van der Waals surface area contributed by atoms with E-state index in [4.69, 9.17) is 10.5 Å². The first-order chi connectivity index (χ1) is 8.27. The molecule has 17 heavy (non-hydrogen) atoms. The van der Waals surface area contributed by atoms with Crippen LogP contribution in [0.2, 0.25) is 0 Å². The van der Waals surface area contributed by atoms with Crippen molar-refractivity contribution < 1.29 is 9.53 Å². The number of benzene rings is 1. The molecule has 0 aliphatic carbocycles. The van der Waals surface area contributed by atoms with E-state index in [1.807, 2.05) is 24.3 Å². The van der Waals surface area contributed by atoms with Gasteiger partial charge in [0.15, 0.2) is 0 Å². The fraction of sp³-hybridized carbons (Fsp3) is 0.231. The summed E-state index contributed by atoms with van der Waals surface area (Å²) in [4.78, 5) is 14.7. The molecule has 2 rings (SSSR count). The number of aromatic nitrogens is 1. The lowest BCUT2D eigenvalue weighted by Crippen LogP contribution is -2.11. The van der Waals surface area contributed by atoms with Crippen LogP contribution in [-0.4, -0.2) is 17.5 Å². The highest BCUT2D eigenvalue weighted by molar-refractivity contribution is 5.87. The number of hydrogen-bond acceptors (Lipinski definition) is 3. The quantitative estimate of drug-likeness (QED) is 0.797. The Morgan fingerprint density at radius 1 is 1.35 bits per heavy atom. The van der Waals surface area contributed by atoms with Crippen molar-refractivity contribution in [2.45, 2.75) is 12.8 Å². The van der Waals surface area contributed by atoms with E-state index >= 15 is 0 Å². The number of amides is 1. The summed E-state index contributed by atoms with van der Waals surface area (Å²) >= 11 is 0. The van der Waals surface area contributed by atoms with Crippen molar-refractivity contribution >= 4 is 16.7 Å². The van der Waals surface area contributed by atoms with E-state index in [1.165, 1.54) is 0 Å². The maximum atomic E-state index is 10.6. The van der Waals surface area contributed by atoms with Gasteiger partial charge in [0.2, 0.25) is 5.91 Å². The fourth-order valence-corrected chi connectivity index (χ4v) is 1.64. The number of rotatable bonds is 5. The van der Waals surface area contributed by atoms with Crippen molar-refractivity contribution in [1.29, 1.82) is 0 Å². The fourth-order valence-electron chi connectivity index (χ4n) is 1.64. The number of nitrogens with zero attached hydrogens (tertiary/aromatic N) is 1. The van der Waals surface area contributed by atoms with Gasteiger partial charge in [-0.3, -0.25) is 9.78 Å². The Morgan fingerprint density at radius 2 is 2.24 bits per heavy atom. The summed E-state index contributed by atoms with van der Waals surface area (Å²) in [5, 5.41) is 2.07. The second-order valence-corrected chi connectivity index (χ2v) is 3.77. The van der Waals surface area contributed by atoms with E-state index < -0.39 is 0 Å². The normalized spacial score (nSPS) is 10.4. The molecule has 4 nitrogen and oxygen atoms in total. The van der Waals surface area contributed by atoms with E-state index in [1.54, 1.807) is 12.4 Å². The van der Waals surface area contributed by atoms with Crippen LogP contribution in [0, 0.1) is 0 Å². The van der Waals surface area contributed by atoms with Crippen molar-refractivity contribution in [1.82, 2.24) is 4.98 Å². The Balaban J connectivity index is 2.05. The van der Waals surface area contributed by atoms with Gasteiger partial charge in [-0.2, -0.15) is 0 Å². The minimum Gasteiger partial charge on any atom is -0.493 e. The predicted octanol–water partition coefficient (Wildman–Crippen LogP) is 1.88. The van der Waals surface area contributed by atoms with Gasteiger partial charge in [-0.15, -0.1) is 0 Å². The second-order valence-electron chi connectivity index (χ2n) is 3.77. The van der Waals surface area contributed by atoms with Crippen LogP contribution in [0.4, 0.5) is 0 Å². The summed E-state index contributed by atoms with van der Waals surface area (Å²) in [6.07, 6.45) is 4.51. The Morgan fingerprint density at radius 3 is 3.06 bits per heavy atom. The molecule has 1 amide bonds. The van der Waals surface area contributed by atoms with Crippen LogP contribution in [0.25, 0.3) is 10.8 Å². The second kappa shape index (κ2) is 5.30. The molecule has 0 atom stereocenters. The van der Waals surface area contributed by atoms with E-state index in [9.17, 15) is 4.79 Å². The summed E-state index contributed by atoms with van der Waals surface area (Å²) in [7, 11) is 0. The molecule has 1 heterocycles. The number of carbonyl (C=O) groups is 1. The zero-order chi connectivity index (χ0) is 12.1. The van der Waals surface area contributed by atoms with Crippen molar-refractivity contribution in [3.05, 3.63) is 36.7 Å². The highest BCUT2D eigenvalue weighted by atomic mass is 16.5. The molecular formula is C13H14N2O2. The monoisotopic (exact) mass is 230 g/mol. The number of primary amides is 1. The number of carbonyl (C=O) groups excluding carboxylic acids is 1. The molecule has 4 heteroatoms. The van der Waals surface area contributed by atoms with Crippen LogP contribution >= 0.6 is 0 Å². The third kappa shape index (κ3) is 2.93. The molecule has 0 aliphatic rings. The predicted molar refractivity (Wildman–Crippen MR) is 65.7 cm³/mol. The van der Waals surface area contributed by atoms with Crippen molar-refractivity contribution in [3.63, 3.8) is 0 Å². The van der Waals surface area contributed by atoms with Crippen molar-refractivity contribution in [2.75, 3.05) is 6.61 Å². The topological polar surface area (TPSA) is 65.2 Å². The maximum Gasteiger partial charge on any atom is 0.217 e. The van der Waals surface area contributed by atoms with Gasteiger partial charge in [-0.25, -0.2) is 0 Å². The first-order valence-corrected chi connectivity index (χ1v) is 5.51. The van der Waals surface area contributed by atoms with Crippen LogP contribution in [0.3, 0.4) is 0 Å². The Bertz CT molecular complexity index is 520. The summed E-state index contributed by atoms with van der Waals surface area (Å²) in [5.74, 6) is 0.494. The third-order valence-electron chi connectivity index (χ3n) is 2.47. The summed E-state index contributed by atoms with van der Waals surface area (Å²) in [5.41, 5.74) is 5.06. The average Bonchev–Trinajstić information content (AvgIpc) is 2.34. The van der Waals surface area contributed by atoms with Gasteiger partial charge in [0.25, 0.3) is 0 Å². The minimum absolute atomic E-state index is 0.298.